The van der Waals surface area contributed by atoms with E-state index in [2.05, 4.69) is 0 Å². The molecule has 0 bridgehead atoms. The van der Waals surface area contributed by atoms with Crippen LogP contribution in [0.2, 0.25) is 0 Å². The molecule has 2 aromatic carbocycles. The molecule has 0 spiro atoms. The second kappa shape index (κ2) is 7.43. The van der Waals surface area contributed by atoms with Crippen LogP contribution in [0.1, 0.15) is 38.9 Å². The summed E-state index contributed by atoms with van der Waals surface area (Å²) in [5.41, 5.74) is -0.732. The van der Waals surface area contributed by atoms with Crippen LogP contribution >= 0.6 is 0 Å². The van der Waals surface area contributed by atoms with E-state index in [0.717, 1.165) is 24.1 Å². The highest BCUT2D eigenvalue weighted by molar-refractivity contribution is 5.58. The number of ether oxygens (including phenoxy) is 3. The van der Waals surface area contributed by atoms with Crippen molar-refractivity contribution in [1.29, 1.82) is 0 Å². The van der Waals surface area contributed by atoms with Crippen molar-refractivity contribution < 1.29 is 24.1 Å². The number of fused-ring (bicyclic) bond motifs is 1. The van der Waals surface area contributed by atoms with Gasteiger partial charge in [0.25, 0.3) is 5.69 Å². The average Bonchev–Trinajstić information content (AvgIpc) is 2.90. The SMILES string of the molecule is CCCOC1c2cccc(Oc3ccc([N+](=O)[O-])cc3[N+](=O)[O-])c2OC1(C)C. The summed E-state index contributed by atoms with van der Waals surface area (Å²) in [6.45, 7) is 6.36. The first-order chi connectivity index (χ1) is 13.2. The molecule has 1 aliphatic rings. The number of non-ortho nitro benzene ring substituents is 1. The maximum absolute atomic E-state index is 11.3. The van der Waals surface area contributed by atoms with Crippen LogP contribution in [0, 0.1) is 20.2 Å². The van der Waals surface area contributed by atoms with E-state index < -0.39 is 21.1 Å². The van der Waals surface area contributed by atoms with Crippen LogP contribution in [0.5, 0.6) is 17.2 Å². The Bertz CT molecular complexity index is 926. The minimum absolute atomic E-state index is 0.108. The van der Waals surface area contributed by atoms with Crippen molar-refractivity contribution in [3.63, 3.8) is 0 Å². The van der Waals surface area contributed by atoms with Gasteiger partial charge in [-0.1, -0.05) is 19.1 Å². The summed E-state index contributed by atoms with van der Waals surface area (Å²) in [6, 6.07) is 8.48. The maximum atomic E-state index is 11.3. The van der Waals surface area contributed by atoms with Crippen LogP contribution in [0.25, 0.3) is 0 Å². The first-order valence-electron chi connectivity index (χ1n) is 8.78. The number of benzene rings is 2. The van der Waals surface area contributed by atoms with Crippen molar-refractivity contribution in [2.75, 3.05) is 6.61 Å². The topological polar surface area (TPSA) is 114 Å². The number of nitrogens with zero attached hydrogens (tertiary/aromatic N) is 2. The largest absolute Gasteiger partial charge is 0.480 e. The van der Waals surface area contributed by atoms with Gasteiger partial charge >= 0.3 is 5.69 Å². The Morgan fingerprint density at radius 3 is 2.50 bits per heavy atom. The molecule has 1 heterocycles. The van der Waals surface area contributed by atoms with Gasteiger partial charge in [-0.2, -0.15) is 0 Å². The molecule has 9 heteroatoms. The standard InChI is InChI=1S/C19H20N2O7/c1-4-10-26-18-13-6-5-7-16(17(13)28-19(18,2)3)27-15-9-8-12(20(22)23)11-14(15)21(24)25/h5-9,11,18H,4,10H2,1-3H3. The Labute approximate surface area is 161 Å². The lowest BCUT2D eigenvalue weighted by atomic mass is 9.97. The van der Waals surface area contributed by atoms with Crippen LogP contribution in [0.3, 0.4) is 0 Å². The monoisotopic (exact) mass is 388 g/mol. The lowest BCUT2D eigenvalue weighted by Crippen LogP contribution is -2.32. The van der Waals surface area contributed by atoms with Gasteiger partial charge in [0.05, 0.1) is 15.9 Å². The molecule has 0 aliphatic carbocycles. The van der Waals surface area contributed by atoms with Gasteiger partial charge in [-0.25, -0.2) is 0 Å². The summed E-state index contributed by atoms with van der Waals surface area (Å²) in [5.74, 6) is 0.620. The lowest BCUT2D eigenvalue weighted by molar-refractivity contribution is -0.394. The summed E-state index contributed by atoms with van der Waals surface area (Å²) in [5, 5.41) is 22.2. The fourth-order valence-corrected chi connectivity index (χ4v) is 3.11. The van der Waals surface area contributed by atoms with Gasteiger partial charge in [-0.05, 0) is 32.4 Å². The zero-order valence-electron chi connectivity index (χ0n) is 15.7. The Balaban J connectivity index is 1.99. The molecule has 0 amide bonds. The fourth-order valence-electron chi connectivity index (χ4n) is 3.11. The van der Waals surface area contributed by atoms with Crippen molar-refractivity contribution in [2.45, 2.75) is 38.9 Å². The molecule has 0 aromatic heterocycles. The molecule has 0 saturated carbocycles. The second-order valence-corrected chi connectivity index (χ2v) is 6.90. The van der Waals surface area contributed by atoms with E-state index in [9.17, 15) is 20.2 Å². The summed E-state index contributed by atoms with van der Waals surface area (Å²) in [6.07, 6.45) is 0.547. The Morgan fingerprint density at radius 1 is 1.11 bits per heavy atom. The number of rotatable bonds is 7. The van der Waals surface area contributed by atoms with E-state index in [4.69, 9.17) is 14.2 Å². The number of hydrogen-bond acceptors (Lipinski definition) is 7. The summed E-state index contributed by atoms with van der Waals surface area (Å²) >= 11 is 0. The second-order valence-electron chi connectivity index (χ2n) is 6.90. The number of nitro benzene ring substituents is 2. The summed E-state index contributed by atoms with van der Waals surface area (Å²) in [7, 11) is 0. The van der Waals surface area contributed by atoms with Crippen LogP contribution in [0.4, 0.5) is 11.4 Å². The molecular weight excluding hydrogens is 368 g/mol. The van der Waals surface area contributed by atoms with E-state index >= 15 is 0 Å². The highest BCUT2D eigenvalue weighted by Gasteiger charge is 2.43. The Hall–Kier alpha value is -3.20. The predicted octanol–water partition coefficient (Wildman–Crippen LogP) is 4.93. The number of nitro groups is 2. The Morgan fingerprint density at radius 2 is 1.86 bits per heavy atom. The van der Waals surface area contributed by atoms with E-state index in [-0.39, 0.29) is 23.3 Å². The van der Waals surface area contributed by atoms with Gasteiger partial charge in [-0.15, -0.1) is 0 Å². The van der Waals surface area contributed by atoms with Gasteiger partial charge in [0.15, 0.2) is 11.5 Å². The third-order valence-electron chi connectivity index (χ3n) is 4.35. The molecule has 1 aliphatic heterocycles. The van der Waals surface area contributed by atoms with Gasteiger partial charge in [-0.3, -0.25) is 20.2 Å². The van der Waals surface area contributed by atoms with Gasteiger partial charge < -0.3 is 14.2 Å². The molecule has 1 unspecified atom stereocenters. The molecule has 2 aromatic rings. The molecule has 0 N–H and O–H groups in total. The fraction of sp³-hybridized carbons (Fsp3) is 0.368. The molecule has 28 heavy (non-hydrogen) atoms. The zero-order valence-corrected chi connectivity index (χ0v) is 15.7. The average molecular weight is 388 g/mol. The van der Waals surface area contributed by atoms with E-state index in [1.807, 2.05) is 26.8 Å². The van der Waals surface area contributed by atoms with Crippen LogP contribution in [0.15, 0.2) is 36.4 Å². The third kappa shape index (κ3) is 3.61. The van der Waals surface area contributed by atoms with E-state index in [1.54, 1.807) is 12.1 Å². The molecule has 1 atom stereocenters. The molecule has 0 saturated heterocycles. The highest BCUT2D eigenvalue weighted by atomic mass is 16.6. The first-order valence-corrected chi connectivity index (χ1v) is 8.78. The van der Waals surface area contributed by atoms with Crippen molar-refractivity contribution in [3.8, 4) is 17.2 Å². The van der Waals surface area contributed by atoms with Crippen molar-refractivity contribution >= 4 is 11.4 Å². The maximum Gasteiger partial charge on any atom is 0.318 e. The summed E-state index contributed by atoms with van der Waals surface area (Å²) in [4.78, 5) is 20.8. The molecule has 9 nitrogen and oxygen atoms in total. The molecule has 0 radical (unpaired) electrons. The van der Waals surface area contributed by atoms with E-state index in [0.29, 0.717) is 12.4 Å². The number of hydrogen-bond donors (Lipinski definition) is 0. The third-order valence-corrected chi connectivity index (χ3v) is 4.35. The minimum atomic E-state index is -0.719. The molecule has 0 fully saturated rings. The quantitative estimate of drug-likeness (QED) is 0.488. The first kappa shape index (κ1) is 19.6. The normalized spacial score (nSPS) is 16.9. The lowest BCUT2D eigenvalue weighted by Gasteiger charge is -2.26. The van der Waals surface area contributed by atoms with Gasteiger partial charge in [0.2, 0.25) is 5.75 Å². The molecule has 148 valence electrons. The minimum Gasteiger partial charge on any atom is -0.480 e. The zero-order chi connectivity index (χ0) is 20.5. The van der Waals surface area contributed by atoms with Gasteiger partial charge in [0, 0.05) is 18.2 Å². The molecule has 3 rings (SSSR count). The van der Waals surface area contributed by atoms with Crippen LogP contribution in [-0.4, -0.2) is 22.1 Å². The van der Waals surface area contributed by atoms with Gasteiger partial charge in [0.1, 0.15) is 11.7 Å². The Kier molecular flexibility index (Phi) is 5.19. The van der Waals surface area contributed by atoms with Crippen LogP contribution in [-0.2, 0) is 4.74 Å². The summed E-state index contributed by atoms with van der Waals surface area (Å²) < 4.78 is 17.7. The van der Waals surface area contributed by atoms with E-state index in [1.165, 1.54) is 6.07 Å². The smallest absolute Gasteiger partial charge is 0.318 e. The van der Waals surface area contributed by atoms with Crippen molar-refractivity contribution in [3.05, 3.63) is 62.2 Å². The predicted molar refractivity (Wildman–Crippen MR) is 100.0 cm³/mol. The van der Waals surface area contributed by atoms with Crippen LogP contribution < -0.4 is 9.47 Å². The number of para-hydroxylation sites is 1. The molecular formula is C19H20N2O7. The van der Waals surface area contributed by atoms with Crippen molar-refractivity contribution in [1.82, 2.24) is 0 Å². The highest BCUT2D eigenvalue weighted by Crippen LogP contribution is 2.51. The van der Waals surface area contributed by atoms with Crippen molar-refractivity contribution in [2.24, 2.45) is 0 Å².